The molecule has 0 saturated carbocycles. The Bertz CT molecular complexity index is 510. The van der Waals surface area contributed by atoms with Crippen molar-refractivity contribution in [2.45, 2.75) is 39.3 Å². The van der Waals surface area contributed by atoms with E-state index in [-0.39, 0.29) is 11.7 Å². The number of carbonyl (C=O) groups excluding carboxylic acids is 3. The van der Waals surface area contributed by atoms with E-state index in [0.29, 0.717) is 6.42 Å². The van der Waals surface area contributed by atoms with Gasteiger partial charge in [0.15, 0.2) is 5.76 Å². The minimum atomic E-state index is -0.808. The number of nitrogens with one attached hydrogen (secondary N) is 2. The average molecular weight is 310 g/mol. The van der Waals surface area contributed by atoms with Gasteiger partial charge in [0.25, 0.3) is 5.91 Å². The summed E-state index contributed by atoms with van der Waals surface area (Å²) >= 11 is 0. The monoisotopic (exact) mass is 310 g/mol. The molecule has 0 aliphatic rings. The lowest BCUT2D eigenvalue weighted by atomic mass is 10.0. The summed E-state index contributed by atoms with van der Waals surface area (Å²) < 4.78 is 9.63. The first kappa shape index (κ1) is 17.7. The average Bonchev–Trinajstić information content (AvgIpc) is 2.99. The van der Waals surface area contributed by atoms with Crippen LogP contribution in [0.2, 0.25) is 0 Å². The van der Waals surface area contributed by atoms with Gasteiger partial charge in [0, 0.05) is 0 Å². The van der Waals surface area contributed by atoms with Gasteiger partial charge in [-0.05, 0) is 31.4 Å². The van der Waals surface area contributed by atoms with Crippen LogP contribution in [0.1, 0.15) is 37.7 Å². The molecule has 122 valence electrons. The van der Waals surface area contributed by atoms with Crippen molar-refractivity contribution in [2.24, 2.45) is 5.92 Å². The Morgan fingerprint density at radius 2 is 1.91 bits per heavy atom. The lowest BCUT2D eigenvalue weighted by molar-refractivity contribution is -0.145. The summed E-state index contributed by atoms with van der Waals surface area (Å²) in [5.41, 5.74) is 0. The zero-order valence-electron chi connectivity index (χ0n) is 13.2. The second-order valence-electron chi connectivity index (χ2n) is 5.39. The minimum absolute atomic E-state index is 0.117. The molecule has 0 spiro atoms. The number of rotatable bonds is 7. The quantitative estimate of drug-likeness (QED) is 0.735. The van der Waals surface area contributed by atoms with E-state index in [0.717, 1.165) is 0 Å². The van der Waals surface area contributed by atoms with Crippen molar-refractivity contribution in [2.75, 3.05) is 7.11 Å². The maximum absolute atomic E-state index is 12.1. The summed E-state index contributed by atoms with van der Waals surface area (Å²) in [7, 11) is 1.27. The van der Waals surface area contributed by atoms with Gasteiger partial charge >= 0.3 is 5.97 Å². The summed E-state index contributed by atoms with van der Waals surface area (Å²) in [6, 6.07) is 1.53. The third-order valence-corrected chi connectivity index (χ3v) is 3.00. The molecule has 1 heterocycles. The Morgan fingerprint density at radius 1 is 1.23 bits per heavy atom. The fraction of sp³-hybridized carbons (Fsp3) is 0.533. The molecule has 0 aromatic carbocycles. The topological polar surface area (TPSA) is 97.6 Å². The van der Waals surface area contributed by atoms with E-state index in [1.165, 1.54) is 26.4 Å². The van der Waals surface area contributed by atoms with Crippen molar-refractivity contribution in [3.8, 4) is 0 Å². The van der Waals surface area contributed by atoms with Crippen molar-refractivity contribution in [1.82, 2.24) is 10.6 Å². The summed E-state index contributed by atoms with van der Waals surface area (Å²) in [6.45, 7) is 5.40. The van der Waals surface area contributed by atoms with Crippen LogP contribution in [0, 0.1) is 5.92 Å². The van der Waals surface area contributed by atoms with Crippen LogP contribution in [0.3, 0.4) is 0 Å². The molecular formula is C15H22N2O5. The molecule has 7 nitrogen and oxygen atoms in total. The van der Waals surface area contributed by atoms with Crippen LogP contribution < -0.4 is 10.6 Å². The molecule has 7 heteroatoms. The smallest absolute Gasteiger partial charge is 0.328 e. The molecule has 0 fully saturated rings. The normalized spacial score (nSPS) is 13.3. The zero-order chi connectivity index (χ0) is 16.7. The largest absolute Gasteiger partial charge is 0.467 e. The van der Waals surface area contributed by atoms with Crippen molar-refractivity contribution in [3.63, 3.8) is 0 Å². The zero-order valence-corrected chi connectivity index (χ0v) is 13.2. The third-order valence-electron chi connectivity index (χ3n) is 3.00. The Hall–Kier alpha value is -2.31. The van der Waals surface area contributed by atoms with Gasteiger partial charge < -0.3 is 19.8 Å². The van der Waals surface area contributed by atoms with Crippen LogP contribution in [-0.2, 0) is 14.3 Å². The molecule has 0 aliphatic heterocycles. The van der Waals surface area contributed by atoms with E-state index in [9.17, 15) is 14.4 Å². The van der Waals surface area contributed by atoms with E-state index in [2.05, 4.69) is 15.4 Å². The number of esters is 1. The predicted octanol–water partition coefficient (Wildman–Crippen LogP) is 1.10. The second-order valence-corrected chi connectivity index (χ2v) is 5.39. The third kappa shape index (κ3) is 5.23. The molecule has 1 aromatic rings. The SMILES string of the molecule is COC(=O)[C@@H](CC(C)C)NC(=O)[C@H](C)NC(=O)c1ccco1. The Kier molecular flexibility index (Phi) is 6.62. The fourth-order valence-corrected chi connectivity index (χ4v) is 1.87. The van der Waals surface area contributed by atoms with Crippen molar-refractivity contribution < 1.29 is 23.5 Å². The Labute approximate surface area is 129 Å². The molecule has 0 radical (unpaired) electrons. The van der Waals surface area contributed by atoms with Gasteiger partial charge in [0.05, 0.1) is 13.4 Å². The van der Waals surface area contributed by atoms with Gasteiger partial charge in [-0.1, -0.05) is 13.8 Å². The van der Waals surface area contributed by atoms with Crippen LogP contribution in [0.4, 0.5) is 0 Å². The highest BCUT2D eigenvalue weighted by Crippen LogP contribution is 2.07. The number of hydrogen-bond acceptors (Lipinski definition) is 5. The molecule has 2 N–H and O–H groups in total. The molecule has 22 heavy (non-hydrogen) atoms. The van der Waals surface area contributed by atoms with Gasteiger partial charge in [-0.3, -0.25) is 9.59 Å². The number of methoxy groups -OCH3 is 1. The number of amides is 2. The first-order valence-corrected chi connectivity index (χ1v) is 7.07. The molecule has 2 atom stereocenters. The summed E-state index contributed by atoms with van der Waals surface area (Å²) in [5.74, 6) is -1.14. The Morgan fingerprint density at radius 3 is 2.41 bits per heavy atom. The molecule has 0 saturated heterocycles. The molecule has 0 aliphatic carbocycles. The molecule has 0 bridgehead atoms. The van der Waals surface area contributed by atoms with Crippen LogP contribution in [-0.4, -0.2) is 37.0 Å². The highest BCUT2D eigenvalue weighted by molar-refractivity contribution is 5.96. The first-order valence-electron chi connectivity index (χ1n) is 7.07. The Balaban J connectivity index is 2.60. The van der Waals surface area contributed by atoms with Gasteiger partial charge in [0.2, 0.25) is 5.91 Å². The summed E-state index contributed by atoms with van der Waals surface area (Å²) in [5, 5.41) is 5.09. The van der Waals surface area contributed by atoms with Crippen molar-refractivity contribution in [1.29, 1.82) is 0 Å². The van der Waals surface area contributed by atoms with Gasteiger partial charge in [0.1, 0.15) is 12.1 Å². The number of carbonyl (C=O) groups is 3. The lowest BCUT2D eigenvalue weighted by Gasteiger charge is -2.21. The van der Waals surface area contributed by atoms with E-state index >= 15 is 0 Å². The maximum Gasteiger partial charge on any atom is 0.328 e. The number of hydrogen-bond donors (Lipinski definition) is 2. The molecular weight excluding hydrogens is 288 g/mol. The van der Waals surface area contributed by atoms with E-state index in [4.69, 9.17) is 4.42 Å². The van der Waals surface area contributed by atoms with Gasteiger partial charge in [-0.15, -0.1) is 0 Å². The van der Waals surface area contributed by atoms with Gasteiger partial charge in [-0.25, -0.2) is 4.79 Å². The summed E-state index contributed by atoms with van der Waals surface area (Å²) in [4.78, 5) is 35.6. The van der Waals surface area contributed by atoms with Gasteiger partial charge in [-0.2, -0.15) is 0 Å². The maximum atomic E-state index is 12.1. The standard InChI is InChI=1S/C15H22N2O5/c1-9(2)8-11(15(20)21-4)17-13(18)10(3)16-14(19)12-6-5-7-22-12/h5-7,9-11H,8H2,1-4H3,(H,16,19)(H,17,18)/t10-,11+/m0/s1. The highest BCUT2D eigenvalue weighted by Gasteiger charge is 2.26. The van der Waals surface area contributed by atoms with Crippen LogP contribution in [0.5, 0.6) is 0 Å². The van der Waals surface area contributed by atoms with Crippen LogP contribution >= 0.6 is 0 Å². The minimum Gasteiger partial charge on any atom is -0.467 e. The van der Waals surface area contributed by atoms with Crippen LogP contribution in [0.25, 0.3) is 0 Å². The van der Waals surface area contributed by atoms with E-state index in [1.54, 1.807) is 6.07 Å². The number of ether oxygens (including phenoxy) is 1. The lowest BCUT2D eigenvalue weighted by Crippen LogP contribution is -2.50. The van der Waals surface area contributed by atoms with Crippen molar-refractivity contribution >= 4 is 17.8 Å². The van der Waals surface area contributed by atoms with Crippen molar-refractivity contribution in [3.05, 3.63) is 24.2 Å². The van der Waals surface area contributed by atoms with E-state index in [1.807, 2.05) is 13.8 Å². The number of furan rings is 1. The fourth-order valence-electron chi connectivity index (χ4n) is 1.87. The molecule has 1 aromatic heterocycles. The second kappa shape index (κ2) is 8.21. The first-order chi connectivity index (χ1) is 10.3. The predicted molar refractivity (Wildman–Crippen MR) is 79.0 cm³/mol. The van der Waals surface area contributed by atoms with E-state index < -0.39 is 29.9 Å². The molecule has 0 unspecified atom stereocenters. The van der Waals surface area contributed by atoms with Crippen LogP contribution in [0.15, 0.2) is 22.8 Å². The molecule has 2 amide bonds. The highest BCUT2D eigenvalue weighted by atomic mass is 16.5. The molecule has 1 rings (SSSR count). The summed E-state index contributed by atoms with van der Waals surface area (Å²) in [6.07, 6.45) is 1.83.